The van der Waals surface area contributed by atoms with E-state index in [0.29, 0.717) is 26.4 Å². The Bertz CT molecular complexity index is 97.6. The van der Waals surface area contributed by atoms with Crippen molar-refractivity contribution in [1.29, 1.82) is 0 Å². The van der Waals surface area contributed by atoms with Crippen molar-refractivity contribution in [2.75, 3.05) is 26.4 Å². The molecular weight excluding hydrogens is 172 g/mol. The summed E-state index contributed by atoms with van der Waals surface area (Å²) in [6.07, 6.45) is -0.465. The van der Waals surface area contributed by atoms with Gasteiger partial charge in [0, 0.05) is 0 Å². The van der Waals surface area contributed by atoms with E-state index in [2.05, 4.69) is 0 Å². The molecule has 0 amide bonds. The van der Waals surface area contributed by atoms with Crippen molar-refractivity contribution in [2.24, 2.45) is 11.5 Å². The van der Waals surface area contributed by atoms with E-state index in [1.807, 2.05) is 0 Å². The fraction of sp³-hybridized carbons (Fsp3) is 1.00. The zero-order valence-electron chi connectivity index (χ0n) is 8.36. The second kappa shape index (κ2) is 8.40. The second-order valence-corrected chi connectivity index (χ2v) is 2.76. The lowest BCUT2D eigenvalue weighted by atomic mass is 10.6. The van der Waals surface area contributed by atoms with Crippen LogP contribution in [0.4, 0.5) is 0 Å². The fourth-order valence-corrected chi connectivity index (χ4v) is 0.688. The Morgan fingerprint density at radius 3 is 1.54 bits per heavy atom. The van der Waals surface area contributed by atoms with Gasteiger partial charge >= 0.3 is 0 Å². The quantitative estimate of drug-likeness (QED) is 0.406. The summed E-state index contributed by atoms with van der Waals surface area (Å²) >= 11 is 0. The van der Waals surface area contributed by atoms with Crippen LogP contribution < -0.4 is 11.5 Å². The van der Waals surface area contributed by atoms with Gasteiger partial charge in [0.25, 0.3) is 0 Å². The van der Waals surface area contributed by atoms with E-state index in [0.717, 1.165) is 0 Å². The average molecular weight is 192 g/mol. The third kappa shape index (κ3) is 11.8. The highest BCUT2D eigenvalue weighted by atomic mass is 16.6. The Labute approximate surface area is 79.3 Å². The Hall–Kier alpha value is -0.200. The molecule has 2 atom stereocenters. The molecule has 0 radical (unpaired) electrons. The van der Waals surface area contributed by atoms with Gasteiger partial charge in [-0.2, -0.15) is 0 Å². The van der Waals surface area contributed by atoms with E-state index >= 15 is 0 Å². The zero-order valence-corrected chi connectivity index (χ0v) is 8.36. The normalized spacial score (nSPS) is 15.7. The van der Waals surface area contributed by atoms with E-state index in [-0.39, 0.29) is 12.5 Å². The lowest BCUT2D eigenvalue weighted by molar-refractivity contribution is -0.0166. The van der Waals surface area contributed by atoms with Gasteiger partial charge in [0.1, 0.15) is 12.5 Å². The van der Waals surface area contributed by atoms with Crippen molar-refractivity contribution >= 4 is 0 Å². The lowest BCUT2D eigenvalue weighted by Gasteiger charge is -2.09. The minimum Gasteiger partial charge on any atom is -0.377 e. The lowest BCUT2D eigenvalue weighted by Crippen LogP contribution is -2.23. The maximum atomic E-state index is 5.35. The van der Waals surface area contributed by atoms with Crippen LogP contribution in [0.15, 0.2) is 0 Å². The molecule has 13 heavy (non-hydrogen) atoms. The summed E-state index contributed by atoms with van der Waals surface area (Å²) in [6.45, 7) is 5.64. The molecule has 5 nitrogen and oxygen atoms in total. The minimum absolute atomic E-state index is 0.232. The SMILES string of the molecule is CC(N)OCCOCCOC(C)N. The zero-order chi connectivity index (χ0) is 10.1. The maximum Gasteiger partial charge on any atom is 0.102 e. The van der Waals surface area contributed by atoms with Crippen LogP contribution in [0.5, 0.6) is 0 Å². The molecule has 0 aromatic rings. The number of hydrogen-bond donors (Lipinski definition) is 2. The molecular formula is C8H20N2O3. The van der Waals surface area contributed by atoms with Crippen molar-refractivity contribution in [1.82, 2.24) is 0 Å². The van der Waals surface area contributed by atoms with Gasteiger partial charge in [0.05, 0.1) is 26.4 Å². The van der Waals surface area contributed by atoms with Crippen LogP contribution in [-0.4, -0.2) is 38.9 Å². The van der Waals surface area contributed by atoms with Gasteiger partial charge in [0.2, 0.25) is 0 Å². The van der Waals surface area contributed by atoms with E-state index in [4.69, 9.17) is 25.7 Å². The molecule has 0 aliphatic heterocycles. The summed E-state index contributed by atoms with van der Waals surface area (Å²) in [5, 5.41) is 0. The van der Waals surface area contributed by atoms with Gasteiger partial charge in [0.15, 0.2) is 0 Å². The summed E-state index contributed by atoms with van der Waals surface area (Å²) in [7, 11) is 0. The molecule has 0 fully saturated rings. The van der Waals surface area contributed by atoms with Crippen LogP contribution in [0, 0.1) is 0 Å². The number of rotatable bonds is 8. The van der Waals surface area contributed by atoms with E-state index < -0.39 is 0 Å². The van der Waals surface area contributed by atoms with E-state index in [9.17, 15) is 0 Å². The summed E-state index contributed by atoms with van der Waals surface area (Å²) in [4.78, 5) is 0. The summed E-state index contributed by atoms with van der Waals surface area (Å²) in [6, 6.07) is 0. The van der Waals surface area contributed by atoms with Crippen LogP contribution in [0.3, 0.4) is 0 Å². The van der Waals surface area contributed by atoms with Gasteiger partial charge in [-0.1, -0.05) is 0 Å². The Balaban J connectivity index is 2.92. The van der Waals surface area contributed by atoms with Gasteiger partial charge in [-0.25, -0.2) is 0 Å². The van der Waals surface area contributed by atoms with Crippen molar-refractivity contribution in [3.8, 4) is 0 Å². The van der Waals surface area contributed by atoms with Gasteiger partial charge in [-0.3, -0.25) is 0 Å². The molecule has 0 aromatic heterocycles. The van der Waals surface area contributed by atoms with Gasteiger partial charge in [-0.05, 0) is 13.8 Å². The molecule has 4 N–H and O–H groups in total. The fourth-order valence-electron chi connectivity index (χ4n) is 0.688. The molecule has 0 saturated heterocycles. The summed E-state index contributed by atoms with van der Waals surface area (Å²) in [5.74, 6) is 0. The molecule has 0 aromatic carbocycles. The highest BCUT2D eigenvalue weighted by Crippen LogP contribution is 1.84. The standard InChI is InChI=1S/C8H20N2O3/c1-7(9)12-5-3-11-4-6-13-8(2)10/h7-8H,3-6,9-10H2,1-2H3. The molecule has 0 aliphatic carbocycles. The number of nitrogens with two attached hydrogens (primary N) is 2. The van der Waals surface area contributed by atoms with Crippen LogP contribution in [0.1, 0.15) is 13.8 Å². The second-order valence-electron chi connectivity index (χ2n) is 2.76. The smallest absolute Gasteiger partial charge is 0.102 e. The van der Waals surface area contributed by atoms with E-state index in [1.54, 1.807) is 13.8 Å². The van der Waals surface area contributed by atoms with E-state index in [1.165, 1.54) is 0 Å². The van der Waals surface area contributed by atoms with Crippen LogP contribution >= 0.6 is 0 Å². The molecule has 2 unspecified atom stereocenters. The molecule has 0 spiro atoms. The molecule has 0 heterocycles. The van der Waals surface area contributed by atoms with Crippen LogP contribution in [0.25, 0.3) is 0 Å². The van der Waals surface area contributed by atoms with Crippen LogP contribution in [0.2, 0.25) is 0 Å². The summed E-state index contributed by atoms with van der Waals surface area (Å²) < 4.78 is 15.3. The average Bonchev–Trinajstić information content (AvgIpc) is 2.01. The first kappa shape index (κ1) is 12.8. The predicted octanol–water partition coefficient (Wildman–Crippen LogP) is -0.354. The number of ether oxygens (including phenoxy) is 3. The van der Waals surface area contributed by atoms with Crippen molar-refractivity contribution in [2.45, 2.75) is 26.3 Å². The molecule has 80 valence electrons. The third-order valence-corrected chi connectivity index (χ3v) is 1.22. The molecule has 0 bridgehead atoms. The Morgan fingerprint density at radius 2 is 1.23 bits per heavy atom. The van der Waals surface area contributed by atoms with Crippen molar-refractivity contribution < 1.29 is 14.2 Å². The first-order valence-electron chi connectivity index (χ1n) is 4.45. The largest absolute Gasteiger partial charge is 0.377 e. The van der Waals surface area contributed by atoms with Gasteiger partial charge in [-0.15, -0.1) is 0 Å². The first-order chi connectivity index (χ1) is 6.13. The topological polar surface area (TPSA) is 79.7 Å². The molecule has 0 aliphatic rings. The Kier molecular flexibility index (Phi) is 8.27. The minimum atomic E-state index is -0.232. The monoisotopic (exact) mass is 192 g/mol. The highest BCUT2D eigenvalue weighted by Gasteiger charge is 1.94. The first-order valence-corrected chi connectivity index (χ1v) is 4.45. The maximum absolute atomic E-state index is 5.35. The van der Waals surface area contributed by atoms with Crippen molar-refractivity contribution in [3.63, 3.8) is 0 Å². The Morgan fingerprint density at radius 1 is 0.846 bits per heavy atom. The summed E-state index contributed by atoms with van der Waals surface area (Å²) in [5.41, 5.74) is 10.7. The predicted molar refractivity (Wildman–Crippen MR) is 50.0 cm³/mol. The molecule has 5 heteroatoms. The van der Waals surface area contributed by atoms with Gasteiger partial charge < -0.3 is 25.7 Å². The van der Waals surface area contributed by atoms with Crippen LogP contribution in [-0.2, 0) is 14.2 Å². The molecule has 0 saturated carbocycles. The third-order valence-electron chi connectivity index (χ3n) is 1.22. The highest BCUT2D eigenvalue weighted by molar-refractivity contribution is 4.37. The number of hydrogen-bond acceptors (Lipinski definition) is 5. The molecule has 0 rings (SSSR count). The van der Waals surface area contributed by atoms with Crippen molar-refractivity contribution in [3.05, 3.63) is 0 Å².